The average molecular weight is 270 g/mol. The van der Waals surface area contributed by atoms with Gasteiger partial charge >= 0.3 is 0 Å². The summed E-state index contributed by atoms with van der Waals surface area (Å²) in [5, 5.41) is 14.3. The molecule has 0 aliphatic heterocycles. The molecule has 0 heterocycles. The lowest BCUT2D eigenvalue weighted by Crippen LogP contribution is -2.21. The van der Waals surface area contributed by atoms with Crippen molar-refractivity contribution in [3.8, 4) is 0 Å². The molecule has 1 aliphatic carbocycles. The summed E-state index contributed by atoms with van der Waals surface area (Å²) in [6.45, 7) is 1.83. The fourth-order valence-corrected chi connectivity index (χ4v) is 2.56. The average Bonchev–Trinajstić information content (AvgIpc) is 2.68. The van der Waals surface area contributed by atoms with Crippen LogP contribution >= 0.6 is 11.6 Å². The van der Waals surface area contributed by atoms with E-state index in [1.54, 1.807) is 6.07 Å². The molecule has 0 amide bonds. The highest BCUT2D eigenvalue weighted by Crippen LogP contribution is 2.32. The third-order valence-corrected chi connectivity index (χ3v) is 3.63. The van der Waals surface area contributed by atoms with Gasteiger partial charge in [0.05, 0.1) is 4.92 Å². The van der Waals surface area contributed by atoms with Gasteiger partial charge in [0.1, 0.15) is 5.02 Å². The molecule has 1 aliphatic rings. The lowest BCUT2D eigenvalue weighted by Gasteiger charge is -2.16. The lowest BCUT2D eigenvalue weighted by atomic mass is 10.1. The first-order valence-electron chi connectivity index (χ1n) is 5.94. The first kappa shape index (κ1) is 13.1. The molecule has 0 saturated heterocycles. The summed E-state index contributed by atoms with van der Waals surface area (Å²) in [6, 6.07) is 3.70. The fraction of sp³-hybridized carbons (Fsp3) is 0.500. The van der Waals surface area contributed by atoms with Crippen LogP contribution in [0.2, 0.25) is 5.02 Å². The van der Waals surface area contributed by atoms with Gasteiger partial charge in [0.25, 0.3) is 5.69 Å². The Bertz CT molecular complexity index is 479. The second-order valence-electron chi connectivity index (χ2n) is 4.79. The van der Waals surface area contributed by atoms with Gasteiger partial charge in [-0.25, -0.2) is 0 Å². The lowest BCUT2D eigenvalue weighted by molar-refractivity contribution is -0.384. The van der Waals surface area contributed by atoms with E-state index in [4.69, 9.17) is 17.3 Å². The van der Waals surface area contributed by atoms with Crippen molar-refractivity contribution in [2.24, 2.45) is 5.73 Å². The Labute approximate surface area is 110 Å². The maximum atomic E-state index is 10.8. The molecule has 6 heteroatoms. The predicted molar refractivity (Wildman–Crippen MR) is 72.1 cm³/mol. The van der Waals surface area contributed by atoms with Crippen molar-refractivity contribution < 1.29 is 4.92 Å². The van der Waals surface area contributed by atoms with Crippen LogP contribution in [0.15, 0.2) is 12.1 Å². The Hall–Kier alpha value is -1.33. The molecule has 1 saturated carbocycles. The van der Waals surface area contributed by atoms with Crippen LogP contribution in [0, 0.1) is 17.0 Å². The minimum Gasteiger partial charge on any atom is -0.382 e. The van der Waals surface area contributed by atoms with Crippen LogP contribution in [0.25, 0.3) is 0 Å². The summed E-state index contributed by atoms with van der Waals surface area (Å²) in [7, 11) is 0. The quantitative estimate of drug-likeness (QED) is 0.653. The molecule has 98 valence electrons. The van der Waals surface area contributed by atoms with Gasteiger partial charge in [-0.3, -0.25) is 10.1 Å². The second-order valence-corrected chi connectivity index (χ2v) is 5.20. The highest BCUT2D eigenvalue weighted by Gasteiger charge is 2.23. The number of benzene rings is 1. The molecule has 0 bridgehead atoms. The molecule has 3 N–H and O–H groups in total. The fourth-order valence-electron chi connectivity index (χ4n) is 2.33. The van der Waals surface area contributed by atoms with Gasteiger partial charge in [-0.1, -0.05) is 11.6 Å². The number of nitro groups is 1. The predicted octanol–water partition coefficient (Wildman–Crippen LogP) is 2.85. The van der Waals surface area contributed by atoms with E-state index in [1.165, 1.54) is 6.07 Å². The second kappa shape index (κ2) is 5.12. The minimum absolute atomic E-state index is 0.0529. The number of hydrogen-bond acceptors (Lipinski definition) is 4. The highest BCUT2D eigenvalue weighted by molar-refractivity contribution is 6.33. The van der Waals surface area contributed by atoms with Crippen LogP contribution < -0.4 is 11.1 Å². The monoisotopic (exact) mass is 269 g/mol. The molecule has 18 heavy (non-hydrogen) atoms. The number of aryl methyl sites for hydroxylation is 1. The zero-order chi connectivity index (χ0) is 13.3. The summed E-state index contributed by atoms with van der Waals surface area (Å²) in [6.07, 6.45) is 2.96. The van der Waals surface area contributed by atoms with Crippen LogP contribution in [0.5, 0.6) is 0 Å². The van der Waals surface area contributed by atoms with E-state index in [0.717, 1.165) is 30.5 Å². The minimum atomic E-state index is -0.468. The van der Waals surface area contributed by atoms with E-state index >= 15 is 0 Å². The van der Waals surface area contributed by atoms with Gasteiger partial charge in [-0.15, -0.1) is 0 Å². The van der Waals surface area contributed by atoms with Crippen LogP contribution in [-0.2, 0) is 0 Å². The van der Waals surface area contributed by atoms with Crippen molar-refractivity contribution in [2.45, 2.75) is 38.3 Å². The van der Waals surface area contributed by atoms with Crippen LogP contribution in [0.1, 0.15) is 24.8 Å². The number of hydrogen-bond donors (Lipinski definition) is 2. The molecule has 2 unspecified atom stereocenters. The van der Waals surface area contributed by atoms with Gasteiger partial charge in [-0.2, -0.15) is 0 Å². The zero-order valence-electron chi connectivity index (χ0n) is 10.1. The van der Waals surface area contributed by atoms with Crippen LogP contribution in [0.4, 0.5) is 11.4 Å². The maximum absolute atomic E-state index is 10.8. The first-order chi connectivity index (χ1) is 8.47. The van der Waals surface area contributed by atoms with E-state index in [2.05, 4.69) is 5.32 Å². The molecule has 1 fully saturated rings. The van der Waals surface area contributed by atoms with Crippen molar-refractivity contribution in [2.75, 3.05) is 5.32 Å². The number of rotatable bonds is 3. The van der Waals surface area contributed by atoms with Crippen molar-refractivity contribution in [3.63, 3.8) is 0 Å². The Kier molecular flexibility index (Phi) is 3.73. The smallest absolute Gasteiger partial charge is 0.288 e. The van der Waals surface area contributed by atoms with Gasteiger partial charge in [0, 0.05) is 23.8 Å². The summed E-state index contributed by atoms with van der Waals surface area (Å²) >= 11 is 5.90. The van der Waals surface area contributed by atoms with Crippen molar-refractivity contribution in [1.29, 1.82) is 0 Å². The molecular weight excluding hydrogens is 254 g/mol. The van der Waals surface area contributed by atoms with Gasteiger partial charge < -0.3 is 11.1 Å². The Balaban J connectivity index is 2.19. The summed E-state index contributed by atoms with van der Waals surface area (Å²) < 4.78 is 0. The van der Waals surface area contributed by atoms with Crippen molar-refractivity contribution in [1.82, 2.24) is 0 Å². The number of nitrogens with two attached hydrogens (primary N) is 1. The van der Waals surface area contributed by atoms with E-state index < -0.39 is 4.92 Å². The van der Waals surface area contributed by atoms with E-state index in [1.807, 2.05) is 6.92 Å². The molecule has 0 spiro atoms. The zero-order valence-corrected chi connectivity index (χ0v) is 10.9. The largest absolute Gasteiger partial charge is 0.382 e. The maximum Gasteiger partial charge on any atom is 0.288 e. The molecule has 1 aromatic carbocycles. The van der Waals surface area contributed by atoms with E-state index in [0.29, 0.717) is 6.04 Å². The van der Waals surface area contributed by atoms with Crippen LogP contribution in [0.3, 0.4) is 0 Å². The molecular formula is C12H16ClN3O2. The molecule has 2 atom stereocenters. The third kappa shape index (κ3) is 2.73. The molecule has 0 aromatic heterocycles. The van der Waals surface area contributed by atoms with E-state index in [9.17, 15) is 10.1 Å². The Morgan fingerprint density at radius 2 is 2.22 bits per heavy atom. The highest BCUT2D eigenvalue weighted by atomic mass is 35.5. The topological polar surface area (TPSA) is 81.2 Å². The Morgan fingerprint density at radius 3 is 2.78 bits per heavy atom. The number of nitrogens with zero attached hydrogens (tertiary/aromatic N) is 1. The van der Waals surface area contributed by atoms with Gasteiger partial charge in [-0.05, 0) is 37.8 Å². The van der Waals surface area contributed by atoms with Gasteiger partial charge in [0.15, 0.2) is 0 Å². The number of nitro benzene ring substituents is 1. The van der Waals surface area contributed by atoms with Crippen molar-refractivity contribution >= 4 is 23.0 Å². The van der Waals surface area contributed by atoms with Gasteiger partial charge in [0.2, 0.25) is 0 Å². The molecule has 0 radical (unpaired) electrons. The van der Waals surface area contributed by atoms with Crippen LogP contribution in [-0.4, -0.2) is 17.0 Å². The summed E-state index contributed by atoms with van der Waals surface area (Å²) in [4.78, 5) is 10.3. The molecule has 5 nitrogen and oxygen atoms in total. The summed E-state index contributed by atoms with van der Waals surface area (Å²) in [5.41, 5.74) is 7.48. The number of nitrogens with one attached hydrogen (secondary N) is 1. The summed E-state index contributed by atoms with van der Waals surface area (Å²) in [5.74, 6) is 0. The number of halogens is 1. The standard InChI is InChI=1S/C12H16ClN3O2/c1-7-4-12(16(17)18)10(13)6-11(7)15-9-3-2-8(14)5-9/h4,6,8-9,15H,2-3,5,14H2,1H3. The SMILES string of the molecule is Cc1cc([N+](=O)[O-])c(Cl)cc1NC1CCC(N)C1. The van der Waals surface area contributed by atoms with E-state index in [-0.39, 0.29) is 16.8 Å². The number of anilines is 1. The molecule has 1 aromatic rings. The molecule has 2 rings (SSSR count). The Morgan fingerprint density at radius 1 is 1.50 bits per heavy atom. The third-order valence-electron chi connectivity index (χ3n) is 3.32. The normalized spacial score (nSPS) is 23.1. The first-order valence-corrected chi connectivity index (χ1v) is 6.32. The van der Waals surface area contributed by atoms with Crippen molar-refractivity contribution in [3.05, 3.63) is 32.8 Å².